The predicted molar refractivity (Wildman–Crippen MR) is 57.0 cm³/mol. The van der Waals surface area contributed by atoms with Crippen molar-refractivity contribution in [3.63, 3.8) is 0 Å². The molecule has 0 N–H and O–H groups in total. The van der Waals surface area contributed by atoms with Gasteiger partial charge in [0.15, 0.2) is 9.84 Å². The van der Waals surface area contributed by atoms with Crippen molar-refractivity contribution in [3.8, 4) is 6.07 Å². The SMILES string of the molecule is N#CC1CCCC1N1CCS(=O)(=O)CC1. The van der Waals surface area contributed by atoms with E-state index in [9.17, 15) is 8.42 Å². The number of hydrogen-bond acceptors (Lipinski definition) is 4. The first-order chi connectivity index (χ1) is 7.12. The molecular weight excluding hydrogens is 212 g/mol. The molecule has 0 aromatic carbocycles. The van der Waals surface area contributed by atoms with Gasteiger partial charge in [-0.05, 0) is 12.8 Å². The molecule has 0 bridgehead atoms. The Morgan fingerprint density at radius 3 is 2.47 bits per heavy atom. The van der Waals surface area contributed by atoms with Gasteiger partial charge in [0.2, 0.25) is 0 Å². The number of nitriles is 1. The highest BCUT2D eigenvalue weighted by atomic mass is 32.2. The van der Waals surface area contributed by atoms with Gasteiger partial charge in [-0.25, -0.2) is 8.42 Å². The van der Waals surface area contributed by atoms with Crippen LogP contribution in [0.1, 0.15) is 19.3 Å². The zero-order valence-corrected chi connectivity index (χ0v) is 9.54. The third kappa shape index (κ3) is 2.32. The molecule has 0 radical (unpaired) electrons. The minimum Gasteiger partial charge on any atom is -0.297 e. The maximum Gasteiger partial charge on any atom is 0.152 e. The Bertz CT molecular complexity index is 357. The van der Waals surface area contributed by atoms with Crippen LogP contribution in [0.25, 0.3) is 0 Å². The summed E-state index contributed by atoms with van der Waals surface area (Å²) in [4.78, 5) is 2.20. The number of sulfone groups is 1. The summed E-state index contributed by atoms with van der Waals surface area (Å²) in [6.07, 6.45) is 3.13. The lowest BCUT2D eigenvalue weighted by Gasteiger charge is -2.33. The number of hydrogen-bond donors (Lipinski definition) is 0. The van der Waals surface area contributed by atoms with Gasteiger partial charge >= 0.3 is 0 Å². The van der Waals surface area contributed by atoms with E-state index in [0.29, 0.717) is 19.1 Å². The lowest BCUT2D eigenvalue weighted by molar-refractivity contribution is 0.193. The summed E-state index contributed by atoms with van der Waals surface area (Å²) in [5.41, 5.74) is 0. The first-order valence-corrected chi connectivity index (χ1v) is 7.28. The topological polar surface area (TPSA) is 61.2 Å². The number of nitrogens with zero attached hydrogens (tertiary/aromatic N) is 2. The minimum absolute atomic E-state index is 0.116. The minimum atomic E-state index is -2.79. The zero-order valence-electron chi connectivity index (χ0n) is 8.72. The molecule has 2 fully saturated rings. The molecule has 0 aromatic heterocycles. The van der Waals surface area contributed by atoms with Crippen molar-refractivity contribution in [1.82, 2.24) is 4.90 Å². The largest absolute Gasteiger partial charge is 0.297 e. The van der Waals surface area contributed by atoms with Crippen LogP contribution in [0.5, 0.6) is 0 Å². The lowest BCUT2D eigenvalue weighted by atomic mass is 10.0. The van der Waals surface area contributed by atoms with Crippen LogP contribution in [0.15, 0.2) is 0 Å². The van der Waals surface area contributed by atoms with E-state index in [2.05, 4.69) is 11.0 Å². The maximum absolute atomic E-state index is 11.3. The summed E-state index contributed by atoms with van der Waals surface area (Å²) in [5.74, 6) is 0.648. The van der Waals surface area contributed by atoms with Gasteiger partial charge in [-0.2, -0.15) is 5.26 Å². The highest BCUT2D eigenvalue weighted by molar-refractivity contribution is 7.91. The van der Waals surface area contributed by atoms with Crippen LogP contribution < -0.4 is 0 Å². The van der Waals surface area contributed by atoms with Crippen molar-refractivity contribution in [1.29, 1.82) is 5.26 Å². The van der Waals surface area contributed by atoms with Gasteiger partial charge in [0.1, 0.15) is 0 Å². The third-order valence-corrected chi connectivity index (χ3v) is 5.10. The lowest BCUT2D eigenvalue weighted by Crippen LogP contribution is -2.47. The average molecular weight is 228 g/mol. The van der Waals surface area contributed by atoms with E-state index in [1.54, 1.807) is 0 Å². The first kappa shape index (κ1) is 10.9. The third-order valence-electron chi connectivity index (χ3n) is 3.49. The maximum atomic E-state index is 11.3. The Kier molecular flexibility index (Phi) is 2.98. The Labute approximate surface area is 90.8 Å². The van der Waals surface area contributed by atoms with Crippen molar-refractivity contribution in [3.05, 3.63) is 0 Å². The molecule has 1 saturated carbocycles. The zero-order chi connectivity index (χ0) is 10.9. The summed E-state index contributed by atoms with van der Waals surface area (Å²) in [6, 6.07) is 2.65. The molecule has 5 heteroatoms. The fourth-order valence-corrected chi connectivity index (χ4v) is 3.82. The quantitative estimate of drug-likeness (QED) is 0.652. The van der Waals surface area contributed by atoms with Gasteiger partial charge in [0.05, 0.1) is 23.5 Å². The molecule has 1 heterocycles. The Hall–Kier alpha value is -0.600. The Balaban J connectivity index is 1.99. The molecule has 0 amide bonds. The molecule has 84 valence electrons. The fourth-order valence-electron chi connectivity index (χ4n) is 2.59. The number of rotatable bonds is 1. The van der Waals surface area contributed by atoms with Gasteiger partial charge in [0.25, 0.3) is 0 Å². The Morgan fingerprint density at radius 2 is 1.87 bits per heavy atom. The van der Waals surface area contributed by atoms with Gasteiger partial charge in [-0.15, -0.1) is 0 Å². The Morgan fingerprint density at radius 1 is 1.20 bits per heavy atom. The molecule has 15 heavy (non-hydrogen) atoms. The van der Waals surface area contributed by atoms with Crippen LogP contribution >= 0.6 is 0 Å². The standard InChI is InChI=1S/C10H16N2O2S/c11-8-9-2-1-3-10(9)12-4-6-15(13,14)7-5-12/h9-10H,1-7H2. The molecular formula is C10H16N2O2S. The normalized spacial score (nSPS) is 36.2. The van der Waals surface area contributed by atoms with Crippen molar-refractivity contribution >= 4 is 9.84 Å². The molecule has 2 atom stereocenters. The summed E-state index contributed by atoms with van der Waals surface area (Å²) in [6.45, 7) is 1.23. The smallest absolute Gasteiger partial charge is 0.152 e. The van der Waals surface area contributed by atoms with Gasteiger partial charge in [0, 0.05) is 19.1 Å². The van der Waals surface area contributed by atoms with E-state index in [0.717, 1.165) is 19.3 Å². The van der Waals surface area contributed by atoms with Gasteiger partial charge in [-0.1, -0.05) is 6.42 Å². The van der Waals surface area contributed by atoms with Crippen LogP contribution in [0.3, 0.4) is 0 Å². The highest BCUT2D eigenvalue weighted by Gasteiger charge is 2.34. The predicted octanol–water partition coefficient (Wildman–Crippen LogP) is 0.409. The van der Waals surface area contributed by atoms with E-state index < -0.39 is 9.84 Å². The van der Waals surface area contributed by atoms with E-state index in [1.165, 1.54) is 0 Å². The molecule has 4 nitrogen and oxygen atoms in total. The second-order valence-corrected chi connectivity index (χ2v) is 6.73. The summed E-state index contributed by atoms with van der Waals surface area (Å²) in [5, 5.41) is 8.97. The molecule has 2 unspecified atom stereocenters. The molecule has 1 aliphatic carbocycles. The van der Waals surface area contributed by atoms with Crippen LogP contribution in [0.2, 0.25) is 0 Å². The molecule has 2 aliphatic rings. The van der Waals surface area contributed by atoms with Gasteiger partial charge in [-0.3, -0.25) is 4.90 Å². The van der Waals surface area contributed by atoms with Crippen molar-refractivity contribution in [2.45, 2.75) is 25.3 Å². The summed E-state index contributed by atoms with van der Waals surface area (Å²) < 4.78 is 22.5. The van der Waals surface area contributed by atoms with Crippen LogP contribution in [0.4, 0.5) is 0 Å². The van der Waals surface area contributed by atoms with E-state index in [4.69, 9.17) is 5.26 Å². The van der Waals surface area contributed by atoms with Gasteiger partial charge < -0.3 is 0 Å². The van der Waals surface area contributed by atoms with Crippen LogP contribution in [-0.2, 0) is 9.84 Å². The van der Waals surface area contributed by atoms with Crippen molar-refractivity contribution in [2.75, 3.05) is 24.6 Å². The second kappa shape index (κ2) is 4.11. The van der Waals surface area contributed by atoms with Crippen molar-refractivity contribution < 1.29 is 8.42 Å². The summed E-state index contributed by atoms with van der Waals surface area (Å²) in [7, 11) is -2.79. The molecule has 1 saturated heterocycles. The van der Waals surface area contributed by atoms with E-state index in [1.807, 2.05) is 0 Å². The second-order valence-electron chi connectivity index (χ2n) is 4.42. The first-order valence-electron chi connectivity index (χ1n) is 5.46. The molecule has 0 aromatic rings. The molecule has 0 spiro atoms. The van der Waals surface area contributed by atoms with Crippen molar-refractivity contribution in [2.24, 2.45) is 5.92 Å². The fraction of sp³-hybridized carbons (Fsp3) is 0.900. The average Bonchev–Trinajstić information content (AvgIpc) is 2.65. The molecule has 1 aliphatic heterocycles. The molecule has 2 rings (SSSR count). The van der Waals surface area contributed by atoms with Crippen LogP contribution in [-0.4, -0.2) is 44.0 Å². The summed E-state index contributed by atoms with van der Waals surface area (Å²) >= 11 is 0. The monoisotopic (exact) mass is 228 g/mol. The van der Waals surface area contributed by atoms with E-state index in [-0.39, 0.29) is 17.4 Å². The van der Waals surface area contributed by atoms with Crippen LogP contribution in [0, 0.1) is 17.2 Å². The highest BCUT2D eigenvalue weighted by Crippen LogP contribution is 2.30. The van der Waals surface area contributed by atoms with E-state index >= 15 is 0 Å².